The quantitative estimate of drug-likeness (QED) is 0.568. The molecule has 140 valence electrons. The molecule has 1 saturated heterocycles. The maximum atomic E-state index is 12.2. The lowest BCUT2D eigenvalue weighted by Gasteiger charge is -2.22. The zero-order chi connectivity index (χ0) is 19.0. The van der Waals surface area contributed by atoms with Gasteiger partial charge in [-0.15, -0.1) is 0 Å². The molecule has 0 bridgehead atoms. The van der Waals surface area contributed by atoms with Crippen LogP contribution in [0.4, 0.5) is 22.7 Å². The summed E-state index contributed by atoms with van der Waals surface area (Å²) in [6, 6.07) is 12.3. The van der Waals surface area contributed by atoms with Crippen LogP contribution in [0.5, 0.6) is 0 Å². The molecule has 2 aliphatic heterocycles. The third kappa shape index (κ3) is 3.31. The molecule has 2 atom stereocenters. The van der Waals surface area contributed by atoms with Crippen LogP contribution in [0, 0.1) is 10.1 Å². The van der Waals surface area contributed by atoms with Gasteiger partial charge in [0.25, 0.3) is 5.69 Å². The van der Waals surface area contributed by atoms with Crippen molar-refractivity contribution in [1.82, 2.24) is 5.32 Å². The van der Waals surface area contributed by atoms with E-state index in [1.165, 1.54) is 6.07 Å². The Morgan fingerprint density at radius 3 is 2.70 bits per heavy atom. The van der Waals surface area contributed by atoms with Crippen molar-refractivity contribution in [1.29, 1.82) is 0 Å². The van der Waals surface area contributed by atoms with Crippen molar-refractivity contribution in [3.05, 3.63) is 58.1 Å². The molecule has 0 aromatic heterocycles. The number of benzene rings is 2. The average molecular weight is 367 g/mol. The van der Waals surface area contributed by atoms with Gasteiger partial charge in [0.05, 0.1) is 22.3 Å². The number of fused-ring (bicyclic) bond motifs is 1. The van der Waals surface area contributed by atoms with E-state index in [0.29, 0.717) is 0 Å². The van der Waals surface area contributed by atoms with Gasteiger partial charge in [-0.1, -0.05) is 12.1 Å². The van der Waals surface area contributed by atoms with Gasteiger partial charge in [0.15, 0.2) is 0 Å². The number of nitro groups is 1. The van der Waals surface area contributed by atoms with Crippen molar-refractivity contribution in [3.8, 4) is 0 Å². The summed E-state index contributed by atoms with van der Waals surface area (Å²) in [6.45, 7) is 0.884. The molecule has 1 amide bonds. The monoisotopic (exact) mass is 367 g/mol. The SMILES string of the molecule is CN1c2cc([N+](=O)[O-])ccc2NC1c1ccc(NC(=O)[C@@H]2CCCN2)cc1. The van der Waals surface area contributed by atoms with Gasteiger partial charge < -0.3 is 20.9 Å². The highest BCUT2D eigenvalue weighted by Crippen LogP contribution is 2.41. The van der Waals surface area contributed by atoms with Crippen molar-refractivity contribution < 1.29 is 9.72 Å². The minimum absolute atomic E-state index is 0.00364. The maximum absolute atomic E-state index is 12.2. The molecule has 0 spiro atoms. The minimum atomic E-state index is -0.391. The van der Waals surface area contributed by atoms with Crippen molar-refractivity contribution >= 4 is 28.7 Å². The zero-order valence-corrected chi connectivity index (χ0v) is 14.9. The first-order chi connectivity index (χ1) is 13.0. The van der Waals surface area contributed by atoms with E-state index < -0.39 is 4.92 Å². The Labute approximate surface area is 156 Å². The van der Waals surface area contributed by atoms with E-state index in [0.717, 1.165) is 42.0 Å². The Hall–Kier alpha value is -3.13. The fourth-order valence-corrected chi connectivity index (χ4v) is 3.62. The number of hydrogen-bond donors (Lipinski definition) is 3. The van der Waals surface area contributed by atoms with Crippen LogP contribution in [-0.2, 0) is 4.79 Å². The number of rotatable bonds is 4. The summed E-state index contributed by atoms with van der Waals surface area (Å²) in [6.07, 6.45) is 1.77. The van der Waals surface area contributed by atoms with Gasteiger partial charge in [0, 0.05) is 24.9 Å². The standard InChI is InChI=1S/C19H21N5O3/c1-23-17-11-14(24(26)27)8-9-15(17)22-18(23)12-4-6-13(7-5-12)21-19(25)16-3-2-10-20-16/h4-9,11,16,18,20,22H,2-3,10H2,1H3,(H,21,25)/t16-,18?/m0/s1. The molecule has 0 saturated carbocycles. The predicted molar refractivity (Wildman–Crippen MR) is 104 cm³/mol. The Morgan fingerprint density at radius 2 is 2.04 bits per heavy atom. The van der Waals surface area contributed by atoms with Gasteiger partial charge in [0.2, 0.25) is 5.91 Å². The number of hydrogen-bond acceptors (Lipinski definition) is 6. The molecule has 27 heavy (non-hydrogen) atoms. The Kier molecular flexibility index (Phi) is 4.41. The lowest BCUT2D eigenvalue weighted by molar-refractivity contribution is -0.384. The summed E-state index contributed by atoms with van der Waals surface area (Å²) in [5.41, 5.74) is 3.48. The lowest BCUT2D eigenvalue weighted by atomic mass is 10.1. The number of carbonyl (C=O) groups excluding carboxylic acids is 1. The Balaban J connectivity index is 1.47. The van der Waals surface area contributed by atoms with Crippen LogP contribution < -0.4 is 20.9 Å². The van der Waals surface area contributed by atoms with Gasteiger partial charge in [-0.05, 0) is 43.1 Å². The largest absolute Gasteiger partial charge is 0.360 e. The molecule has 8 nitrogen and oxygen atoms in total. The fraction of sp³-hybridized carbons (Fsp3) is 0.316. The lowest BCUT2D eigenvalue weighted by Crippen LogP contribution is -2.35. The van der Waals surface area contributed by atoms with Gasteiger partial charge in [0.1, 0.15) is 6.17 Å². The van der Waals surface area contributed by atoms with Gasteiger partial charge >= 0.3 is 0 Å². The second-order valence-electron chi connectivity index (χ2n) is 6.88. The van der Waals surface area contributed by atoms with Crippen LogP contribution in [0.3, 0.4) is 0 Å². The first-order valence-electron chi connectivity index (χ1n) is 8.95. The molecule has 8 heteroatoms. The molecule has 1 fully saturated rings. The molecule has 0 radical (unpaired) electrons. The summed E-state index contributed by atoms with van der Waals surface area (Å²) < 4.78 is 0. The summed E-state index contributed by atoms with van der Waals surface area (Å²) in [7, 11) is 1.90. The van der Waals surface area contributed by atoms with Gasteiger partial charge in [-0.25, -0.2) is 0 Å². The van der Waals surface area contributed by atoms with Crippen LogP contribution in [0.15, 0.2) is 42.5 Å². The second kappa shape index (κ2) is 6.88. The molecular weight excluding hydrogens is 346 g/mol. The number of nitro benzene ring substituents is 1. The van der Waals surface area contributed by atoms with E-state index in [-0.39, 0.29) is 23.8 Å². The van der Waals surface area contributed by atoms with Crippen LogP contribution in [-0.4, -0.2) is 30.5 Å². The predicted octanol–water partition coefficient (Wildman–Crippen LogP) is 2.85. The van der Waals surface area contributed by atoms with Crippen molar-refractivity contribution in [2.45, 2.75) is 25.0 Å². The minimum Gasteiger partial charge on any atom is -0.360 e. The van der Waals surface area contributed by atoms with Crippen molar-refractivity contribution in [3.63, 3.8) is 0 Å². The highest BCUT2D eigenvalue weighted by molar-refractivity contribution is 5.95. The number of carbonyl (C=O) groups is 1. The Bertz CT molecular complexity index is 877. The van der Waals surface area contributed by atoms with Crippen LogP contribution in [0.2, 0.25) is 0 Å². The first kappa shape index (κ1) is 17.3. The highest BCUT2D eigenvalue weighted by atomic mass is 16.6. The highest BCUT2D eigenvalue weighted by Gasteiger charge is 2.29. The van der Waals surface area contributed by atoms with Crippen LogP contribution in [0.1, 0.15) is 24.6 Å². The summed E-state index contributed by atoms with van der Waals surface area (Å²) >= 11 is 0. The molecule has 2 aliphatic rings. The maximum Gasteiger partial charge on any atom is 0.271 e. The molecular formula is C19H21N5O3. The summed E-state index contributed by atoms with van der Waals surface area (Å²) in [5.74, 6) is -0.00364. The number of nitrogens with one attached hydrogen (secondary N) is 3. The van der Waals surface area contributed by atoms with E-state index in [9.17, 15) is 14.9 Å². The molecule has 0 aliphatic carbocycles. The number of amides is 1. The number of anilines is 3. The number of non-ortho nitro benzene ring substituents is 1. The summed E-state index contributed by atoms with van der Waals surface area (Å²) in [5, 5.41) is 20.5. The molecule has 4 rings (SSSR count). The van der Waals surface area contributed by atoms with E-state index in [4.69, 9.17) is 0 Å². The van der Waals surface area contributed by atoms with E-state index in [1.54, 1.807) is 12.1 Å². The van der Waals surface area contributed by atoms with Crippen molar-refractivity contribution in [2.75, 3.05) is 29.1 Å². The van der Waals surface area contributed by atoms with Crippen molar-refractivity contribution in [2.24, 2.45) is 0 Å². The molecule has 2 aromatic rings. The third-order valence-corrected chi connectivity index (χ3v) is 5.12. The Morgan fingerprint density at radius 1 is 1.26 bits per heavy atom. The summed E-state index contributed by atoms with van der Waals surface area (Å²) in [4.78, 5) is 24.8. The van der Waals surface area contributed by atoms with E-state index >= 15 is 0 Å². The van der Waals surface area contributed by atoms with Gasteiger partial charge in [-0.2, -0.15) is 0 Å². The van der Waals surface area contributed by atoms with Crippen LogP contribution >= 0.6 is 0 Å². The fourth-order valence-electron chi connectivity index (χ4n) is 3.62. The molecule has 2 heterocycles. The number of nitrogens with zero attached hydrogens (tertiary/aromatic N) is 2. The molecule has 3 N–H and O–H groups in total. The smallest absolute Gasteiger partial charge is 0.271 e. The molecule has 1 unspecified atom stereocenters. The molecule has 2 aromatic carbocycles. The normalized spacial score (nSPS) is 20.9. The topological polar surface area (TPSA) is 99.5 Å². The second-order valence-corrected chi connectivity index (χ2v) is 6.88. The zero-order valence-electron chi connectivity index (χ0n) is 14.9. The van der Waals surface area contributed by atoms with Gasteiger partial charge in [-0.3, -0.25) is 14.9 Å². The van der Waals surface area contributed by atoms with E-state index in [2.05, 4.69) is 16.0 Å². The third-order valence-electron chi connectivity index (χ3n) is 5.12. The van der Waals surface area contributed by atoms with Crippen LogP contribution in [0.25, 0.3) is 0 Å². The van der Waals surface area contributed by atoms with E-state index in [1.807, 2.05) is 36.2 Å². The first-order valence-corrected chi connectivity index (χ1v) is 8.95. The average Bonchev–Trinajstić information content (AvgIpc) is 3.31.